The fourth-order valence-electron chi connectivity index (χ4n) is 3.57. The quantitative estimate of drug-likeness (QED) is 0.367. The van der Waals surface area contributed by atoms with Crippen LogP contribution < -0.4 is 10.5 Å². The monoisotopic (exact) mass is 458 g/mol. The van der Waals surface area contributed by atoms with Crippen molar-refractivity contribution in [1.29, 1.82) is 0 Å². The van der Waals surface area contributed by atoms with E-state index in [4.69, 9.17) is 5.73 Å². The van der Waals surface area contributed by atoms with Gasteiger partial charge in [0.1, 0.15) is 5.82 Å². The van der Waals surface area contributed by atoms with E-state index in [1.807, 2.05) is 29.6 Å². The predicted octanol–water partition coefficient (Wildman–Crippen LogP) is 5.41. The first kappa shape index (κ1) is 20.2. The van der Waals surface area contributed by atoms with E-state index in [2.05, 4.69) is 14.7 Å². The van der Waals surface area contributed by atoms with Crippen molar-refractivity contribution in [2.45, 2.75) is 4.90 Å². The molecule has 2 aromatic carbocycles. The fourth-order valence-corrected chi connectivity index (χ4v) is 5.76. The first-order valence-corrected chi connectivity index (χ1v) is 12.1. The smallest absolute Gasteiger partial charge is 0.261 e. The molecular weight excluding hydrogens is 440 g/mol. The molecule has 158 valence electrons. The molecule has 5 aromatic rings. The Kier molecular flexibility index (Phi) is 5.08. The second-order valence-electron chi connectivity index (χ2n) is 7.15. The Bertz CT molecular complexity index is 1520. The number of nitrogens with one attached hydrogen (secondary N) is 1. The summed E-state index contributed by atoms with van der Waals surface area (Å²) in [6, 6.07) is 19.4. The zero-order valence-corrected chi connectivity index (χ0v) is 18.4. The molecule has 5 rings (SSSR count). The Morgan fingerprint density at radius 2 is 1.69 bits per heavy atom. The highest BCUT2D eigenvalue weighted by atomic mass is 32.2. The van der Waals surface area contributed by atoms with Gasteiger partial charge in [-0.25, -0.2) is 13.4 Å². The van der Waals surface area contributed by atoms with Gasteiger partial charge in [-0.3, -0.25) is 9.71 Å². The van der Waals surface area contributed by atoms with Crippen LogP contribution in [0.5, 0.6) is 0 Å². The summed E-state index contributed by atoms with van der Waals surface area (Å²) in [5.41, 5.74) is 10.4. The van der Waals surface area contributed by atoms with Gasteiger partial charge in [-0.2, -0.15) is 0 Å². The molecule has 0 radical (unpaired) electrons. The summed E-state index contributed by atoms with van der Waals surface area (Å²) in [5, 5.41) is 2.87. The lowest BCUT2D eigenvalue weighted by atomic mass is 10.0. The number of anilines is 2. The lowest BCUT2D eigenvalue weighted by Gasteiger charge is -2.10. The molecule has 8 heteroatoms. The Morgan fingerprint density at radius 3 is 2.47 bits per heavy atom. The van der Waals surface area contributed by atoms with E-state index in [0.717, 1.165) is 32.3 Å². The van der Waals surface area contributed by atoms with Crippen LogP contribution in [0.4, 0.5) is 11.5 Å². The van der Waals surface area contributed by atoms with Crippen molar-refractivity contribution in [3.8, 4) is 22.3 Å². The Hall–Kier alpha value is -3.75. The number of pyridine rings is 2. The zero-order valence-electron chi connectivity index (χ0n) is 16.8. The third-order valence-corrected chi connectivity index (χ3v) is 7.49. The van der Waals surface area contributed by atoms with Gasteiger partial charge >= 0.3 is 0 Å². The molecular formula is C24H18N4O2S2. The first-order valence-electron chi connectivity index (χ1n) is 9.77. The first-order chi connectivity index (χ1) is 15.5. The normalized spacial score (nSPS) is 11.5. The maximum atomic E-state index is 12.7. The minimum Gasteiger partial charge on any atom is -0.383 e. The zero-order chi connectivity index (χ0) is 22.1. The number of hydrogen-bond acceptors (Lipinski definition) is 6. The van der Waals surface area contributed by atoms with Crippen molar-refractivity contribution in [1.82, 2.24) is 9.97 Å². The van der Waals surface area contributed by atoms with Crippen molar-refractivity contribution < 1.29 is 8.42 Å². The Morgan fingerprint density at radius 1 is 0.875 bits per heavy atom. The number of rotatable bonds is 5. The third-order valence-electron chi connectivity index (χ3n) is 5.08. The maximum Gasteiger partial charge on any atom is 0.261 e. The Balaban J connectivity index is 1.57. The largest absolute Gasteiger partial charge is 0.383 e. The number of nitrogens with two attached hydrogens (primary N) is 1. The summed E-state index contributed by atoms with van der Waals surface area (Å²) >= 11 is 1.57. The van der Waals surface area contributed by atoms with Gasteiger partial charge in [0.2, 0.25) is 0 Å². The lowest BCUT2D eigenvalue weighted by molar-refractivity contribution is 0.601. The number of nitrogens with zero attached hydrogens (tertiary/aromatic N) is 2. The molecule has 0 fully saturated rings. The molecule has 0 aliphatic carbocycles. The summed E-state index contributed by atoms with van der Waals surface area (Å²) in [4.78, 5) is 8.82. The molecule has 0 atom stereocenters. The number of hydrogen-bond donors (Lipinski definition) is 2. The lowest BCUT2D eigenvalue weighted by Crippen LogP contribution is -2.12. The van der Waals surface area contributed by atoms with Gasteiger partial charge in [-0.1, -0.05) is 36.4 Å². The number of fused-ring (bicyclic) bond motifs is 1. The van der Waals surface area contributed by atoms with Crippen LogP contribution in [-0.2, 0) is 10.0 Å². The molecule has 0 aliphatic heterocycles. The van der Waals surface area contributed by atoms with Crippen LogP contribution in [0.3, 0.4) is 0 Å². The minimum atomic E-state index is -3.68. The molecule has 0 spiro atoms. The number of aromatic nitrogens is 2. The SMILES string of the molecule is Nc1ncc(-c2cccnc2)c2scc(-c3cccc(NS(=O)(=O)c4ccccc4)c3)c12. The van der Waals surface area contributed by atoms with E-state index >= 15 is 0 Å². The summed E-state index contributed by atoms with van der Waals surface area (Å²) in [5.74, 6) is 0.430. The van der Waals surface area contributed by atoms with Crippen molar-refractivity contribution in [3.05, 3.63) is 90.7 Å². The van der Waals surface area contributed by atoms with Gasteiger partial charge in [0.05, 0.1) is 4.90 Å². The van der Waals surface area contributed by atoms with Crippen molar-refractivity contribution in [2.24, 2.45) is 0 Å². The van der Waals surface area contributed by atoms with Crippen LogP contribution in [0.2, 0.25) is 0 Å². The summed E-state index contributed by atoms with van der Waals surface area (Å²) in [6.07, 6.45) is 5.29. The molecule has 0 bridgehead atoms. The van der Waals surface area contributed by atoms with Crippen LogP contribution in [0.25, 0.3) is 32.3 Å². The summed E-state index contributed by atoms with van der Waals surface area (Å²) in [6.45, 7) is 0. The fraction of sp³-hybridized carbons (Fsp3) is 0. The van der Waals surface area contributed by atoms with Gasteiger partial charge in [0.25, 0.3) is 10.0 Å². The van der Waals surface area contributed by atoms with Gasteiger partial charge in [-0.05, 0) is 41.3 Å². The van der Waals surface area contributed by atoms with Crippen LogP contribution in [0.1, 0.15) is 0 Å². The maximum absolute atomic E-state index is 12.7. The van der Waals surface area contributed by atoms with Crippen molar-refractivity contribution in [2.75, 3.05) is 10.5 Å². The standard InChI is InChI=1S/C24H18N4O2S2/c25-24-22-21(15-31-23(22)20(14-27-24)17-7-5-11-26-13-17)16-6-4-8-18(12-16)28-32(29,30)19-9-2-1-3-10-19/h1-15,28H,(H2,25,27). The van der Waals surface area contributed by atoms with Crippen LogP contribution >= 0.6 is 11.3 Å². The Labute approximate surface area is 189 Å². The molecule has 3 N–H and O–H groups in total. The van der Waals surface area contributed by atoms with Crippen LogP contribution in [0.15, 0.2) is 95.6 Å². The average Bonchev–Trinajstić information content (AvgIpc) is 3.27. The van der Waals surface area contributed by atoms with E-state index in [1.54, 1.807) is 72.4 Å². The van der Waals surface area contributed by atoms with E-state index < -0.39 is 10.0 Å². The van der Waals surface area contributed by atoms with E-state index in [9.17, 15) is 8.42 Å². The van der Waals surface area contributed by atoms with Gasteiger partial charge < -0.3 is 5.73 Å². The topological polar surface area (TPSA) is 98.0 Å². The molecule has 0 aliphatic rings. The van der Waals surface area contributed by atoms with E-state index in [-0.39, 0.29) is 4.90 Å². The number of benzene rings is 2. The van der Waals surface area contributed by atoms with E-state index in [1.165, 1.54) is 0 Å². The number of thiophene rings is 1. The number of sulfonamides is 1. The molecule has 0 saturated heterocycles. The minimum absolute atomic E-state index is 0.209. The molecule has 32 heavy (non-hydrogen) atoms. The summed E-state index contributed by atoms with van der Waals surface area (Å²) in [7, 11) is -3.68. The second kappa shape index (κ2) is 8.07. The van der Waals surface area contributed by atoms with Crippen LogP contribution in [-0.4, -0.2) is 18.4 Å². The van der Waals surface area contributed by atoms with Crippen LogP contribution in [0, 0.1) is 0 Å². The second-order valence-corrected chi connectivity index (χ2v) is 9.71. The molecule has 0 unspecified atom stereocenters. The van der Waals surface area contributed by atoms with Gasteiger partial charge in [-0.15, -0.1) is 11.3 Å². The van der Waals surface area contributed by atoms with Crippen molar-refractivity contribution in [3.63, 3.8) is 0 Å². The predicted molar refractivity (Wildman–Crippen MR) is 130 cm³/mol. The third kappa shape index (κ3) is 3.70. The molecule has 6 nitrogen and oxygen atoms in total. The highest BCUT2D eigenvalue weighted by Crippen LogP contribution is 2.42. The highest BCUT2D eigenvalue weighted by Gasteiger charge is 2.17. The molecule has 0 amide bonds. The molecule has 3 aromatic heterocycles. The molecule has 0 saturated carbocycles. The van der Waals surface area contributed by atoms with Gasteiger partial charge in [0, 0.05) is 51.1 Å². The summed E-state index contributed by atoms with van der Waals surface area (Å²) < 4.78 is 29.1. The highest BCUT2D eigenvalue weighted by molar-refractivity contribution is 7.92. The van der Waals surface area contributed by atoms with Gasteiger partial charge in [0.15, 0.2) is 0 Å². The van der Waals surface area contributed by atoms with E-state index in [0.29, 0.717) is 11.5 Å². The number of nitrogen functional groups attached to an aromatic ring is 1. The van der Waals surface area contributed by atoms with Crippen molar-refractivity contribution >= 4 is 43.0 Å². The average molecular weight is 459 g/mol. The molecule has 3 heterocycles.